The topological polar surface area (TPSA) is 65.5 Å². The zero-order valence-corrected chi connectivity index (χ0v) is 10.2. The minimum absolute atomic E-state index is 0.310. The van der Waals surface area contributed by atoms with Gasteiger partial charge in [0, 0.05) is 11.8 Å². The molecule has 0 bridgehead atoms. The van der Waals surface area contributed by atoms with E-state index in [0.29, 0.717) is 22.6 Å². The maximum absolute atomic E-state index is 11.3. The summed E-state index contributed by atoms with van der Waals surface area (Å²) in [5, 5.41) is 0. The number of carbonyl (C=O) groups excluding carboxylic acids is 2. The Bertz CT molecular complexity index is 593. The van der Waals surface area contributed by atoms with Gasteiger partial charge in [-0.1, -0.05) is 0 Å². The molecule has 0 radical (unpaired) electrons. The summed E-state index contributed by atoms with van der Waals surface area (Å²) in [4.78, 5) is 25.8. The maximum atomic E-state index is 11.3. The van der Waals surface area contributed by atoms with E-state index in [4.69, 9.17) is 4.74 Å². The molecule has 96 valence electrons. The highest BCUT2D eigenvalue weighted by Crippen LogP contribution is 2.21. The van der Waals surface area contributed by atoms with Gasteiger partial charge in [0.15, 0.2) is 0 Å². The Balaban J connectivity index is 2.18. The Kier molecular flexibility index (Phi) is 3.87. The number of esters is 1. The van der Waals surface area contributed by atoms with Crippen LogP contribution in [0.4, 0.5) is 0 Å². The summed E-state index contributed by atoms with van der Waals surface area (Å²) in [5.74, 6) is 0.491. The van der Waals surface area contributed by atoms with Gasteiger partial charge < -0.3 is 9.47 Å². The number of benzene rings is 1. The van der Waals surface area contributed by atoms with Gasteiger partial charge in [0.05, 0.1) is 18.9 Å². The minimum Gasteiger partial charge on any atom is -0.465 e. The van der Waals surface area contributed by atoms with Crippen molar-refractivity contribution in [1.29, 1.82) is 0 Å². The van der Waals surface area contributed by atoms with E-state index >= 15 is 0 Å². The number of rotatable bonds is 4. The third-order valence-corrected chi connectivity index (χ3v) is 2.39. The molecule has 0 saturated carbocycles. The number of pyridine rings is 1. The number of aldehydes is 1. The third kappa shape index (κ3) is 3.16. The lowest BCUT2D eigenvalue weighted by atomic mass is 10.2. The Morgan fingerprint density at radius 2 is 1.89 bits per heavy atom. The van der Waals surface area contributed by atoms with Crippen LogP contribution in [0.1, 0.15) is 20.7 Å². The van der Waals surface area contributed by atoms with Gasteiger partial charge in [-0.3, -0.25) is 9.78 Å². The highest BCUT2D eigenvalue weighted by atomic mass is 16.5. The van der Waals surface area contributed by atoms with Gasteiger partial charge in [0.2, 0.25) is 0 Å². The normalized spacial score (nSPS) is 9.74. The summed E-state index contributed by atoms with van der Waals surface area (Å²) in [5.41, 5.74) is 0.873. The van der Waals surface area contributed by atoms with Gasteiger partial charge in [-0.25, -0.2) is 4.79 Å². The molecule has 0 aliphatic rings. The van der Waals surface area contributed by atoms with Crippen molar-refractivity contribution in [2.75, 3.05) is 7.11 Å². The van der Waals surface area contributed by atoms with Gasteiger partial charge in [0.1, 0.15) is 17.8 Å². The maximum Gasteiger partial charge on any atom is 0.339 e. The summed E-state index contributed by atoms with van der Waals surface area (Å²) in [7, 11) is 1.30. The van der Waals surface area contributed by atoms with Crippen LogP contribution >= 0.6 is 0 Å². The van der Waals surface area contributed by atoms with E-state index in [0.717, 1.165) is 6.29 Å². The van der Waals surface area contributed by atoms with Crippen molar-refractivity contribution < 1.29 is 19.1 Å². The van der Waals surface area contributed by atoms with Crippen molar-refractivity contribution in [3.63, 3.8) is 0 Å². The molecule has 1 aromatic heterocycles. The Hall–Kier alpha value is -2.69. The lowest BCUT2D eigenvalue weighted by Crippen LogP contribution is -2.01. The highest BCUT2D eigenvalue weighted by molar-refractivity contribution is 5.89. The van der Waals surface area contributed by atoms with Gasteiger partial charge in [0.25, 0.3) is 0 Å². The van der Waals surface area contributed by atoms with Gasteiger partial charge >= 0.3 is 5.97 Å². The number of ether oxygens (including phenoxy) is 2. The molecule has 0 aliphatic carbocycles. The van der Waals surface area contributed by atoms with Crippen molar-refractivity contribution in [2.24, 2.45) is 0 Å². The quantitative estimate of drug-likeness (QED) is 0.621. The molecule has 0 atom stereocenters. The van der Waals surface area contributed by atoms with E-state index in [1.165, 1.54) is 25.6 Å². The van der Waals surface area contributed by atoms with E-state index in [2.05, 4.69) is 9.72 Å². The summed E-state index contributed by atoms with van der Waals surface area (Å²) in [6.07, 6.45) is 3.64. The van der Waals surface area contributed by atoms with Crippen LogP contribution in [-0.2, 0) is 4.74 Å². The number of carbonyl (C=O) groups is 2. The monoisotopic (exact) mass is 257 g/mol. The minimum atomic E-state index is -0.478. The average Bonchev–Trinajstić information content (AvgIpc) is 2.47. The molecule has 0 aliphatic heterocycles. The Morgan fingerprint density at radius 3 is 2.53 bits per heavy atom. The van der Waals surface area contributed by atoms with Crippen molar-refractivity contribution in [3.05, 3.63) is 53.9 Å². The van der Waals surface area contributed by atoms with Crippen molar-refractivity contribution >= 4 is 12.3 Å². The van der Waals surface area contributed by atoms with E-state index in [1.54, 1.807) is 24.3 Å². The zero-order valence-electron chi connectivity index (χ0n) is 10.2. The van der Waals surface area contributed by atoms with E-state index < -0.39 is 5.97 Å². The molecule has 0 saturated heterocycles. The van der Waals surface area contributed by atoms with Crippen molar-refractivity contribution in [2.45, 2.75) is 0 Å². The predicted molar refractivity (Wildman–Crippen MR) is 67.5 cm³/mol. The lowest BCUT2D eigenvalue weighted by molar-refractivity contribution is 0.0599. The van der Waals surface area contributed by atoms with Crippen LogP contribution in [0.25, 0.3) is 0 Å². The molecular weight excluding hydrogens is 246 g/mol. The smallest absolute Gasteiger partial charge is 0.339 e. The SMILES string of the molecule is COC(=O)c1cncc(Oc2ccc(C=O)cc2)c1. The van der Waals surface area contributed by atoms with Crippen molar-refractivity contribution in [1.82, 2.24) is 4.98 Å². The van der Waals surface area contributed by atoms with Gasteiger partial charge in [-0.15, -0.1) is 0 Å². The van der Waals surface area contributed by atoms with Crippen molar-refractivity contribution in [3.8, 4) is 11.5 Å². The van der Waals surface area contributed by atoms with Gasteiger partial charge in [-0.2, -0.15) is 0 Å². The van der Waals surface area contributed by atoms with Crippen LogP contribution < -0.4 is 4.74 Å². The number of hydrogen-bond acceptors (Lipinski definition) is 5. The zero-order chi connectivity index (χ0) is 13.7. The second kappa shape index (κ2) is 5.77. The number of nitrogens with zero attached hydrogens (tertiary/aromatic N) is 1. The summed E-state index contributed by atoms with van der Waals surface area (Å²) in [6.45, 7) is 0. The summed E-state index contributed by atoms with van der Waals surface area (Å²) in [6, 6.07) is 8.13. The molecule has 19 heavy (non-hydrogen) atoms. The molecule has 2 aromatic rings. The third-order valence-electron chi connectivity index (χ3n) is 2.39. The Morgan fingerprint density at radius 1 is 1.16 bits per heavy atom. The fourth-order valence-corrected chi connectivity index (χ4v) is 1.45. The Labute approximate surface area is 109 Å². The van der Waals surface area contributed by atoms with Crippen LogP contribution in [0.5, 0.6) is 11.5 Å². The number of methoxy groups -OCH3 is 1. The molecule has 5 heteroatoms. The first-order chi connectivity index (χ1) is 9.22. The van der Waals surface area contributed by atoms with E-state index in [-0.39, 0.29) is 0 Å². The van der Waals surface area contributed by atoms with Crippen LogP contribution in [0, 0.1) is 0 Å². The number of hydrogen-bond donors (Lipinski definition) is 0. The molecular formula is C14H11NO4. The summed E-state index contributed by atoms with van der Waals surface area (Å²) >= 11 is 0. The second-order valence-corrected chi connectivity index (χ2v) is 3.69. The fraction of sp³-hybridized carbons (Fsp3) is 0.0714. The fourth-order valence-electron chi connectivity index (χ4n) is 1.45. The number of aromatic nitrogens is 1. The standard InChI is InChI=1S/C14H11NO4/c1-18-14(17)11-6-13(8-15-7-11)19-12-4-2-10(9-16)3-5-12/h2-9H,1H3. The van der Waals surface area contributed by atoms with Crippen LogP contribution in [0.2, 0.25) is 0 Å². The molecule has 0 unspecified atom stereocenters. The predicted octanol–water partition coefficient (Wildman–Crippen LogP) is 2.47. The molecule has 1 heterocycles. The lowest BCUT2D eigenvalue weighted by Gasteiger charge is -2.06. The molecule has 0 N–H and O–H groups in total. The molecule has 5 nitrogen and oxygen atoms in total. The molecule has 0 fully saturated rings. The van der Waals surface area contributed by atoms with E-state index in [1.807, 2.05) is 0 Å². The van der Waals surface area contributed by atoms with E-state index in [9.17, 15) is 9.59 Å². The molecule has 1 aromatic carbocycles. The molecule has 2 rings (SSSR count). The van der Waals surface area contributed by atoms with Gasteiger partial charge in [-0.05, 0) is 30.3 Å². The van der Waals surface area contributed by atoms with Crippen LogP contribution in [0.3, 0.4) is 0 Å². The first-order valence-corrected chi connectivity index (χ1v) is 5.49. The second-order valence-electron chi connectivity index (χ2n) is 3.69. The van der Waals surface area contributed by atoms with Crippen LogP contribution in [-0.4, -0.2) is 24.3 Å². The molecule has 0 amide bonds. The highest BCUT2D eigenvalue weighted by Gasteiger charge is 2.07. The average molecular weight is 257 g/mol. The summed E-state index contributed by atoms with van der Waals surface area (Å²) < 4.78 is 10.1. The largest absolute Gasteiger partial charge is 0.465 e. The molecule has 0 spiro atoms. The first kappa shape index (κ1) is 12.8. The van der Waals surface area contributed by atoms with Crippen LogP contribution in [0.15, 0.2) is 42.7 Å². The first-order valence-electron chi connectivity index (χ1n) is 5.49.